The van der Waals surface area contributed by atoms with Gasteiger partial charge in [0.15, 0.2) is 5.79 Å². The lowest BCUT2D eigenvalue weighted by Crippen LogP contribution is -2.50. The molecule has 3 unspecified atom stereocenters. The van der Waals surface area contributed by atoms with Crippen molar-refractivity contribution in [1.29, 1.82) is 0 Å². The number of unbranched alkanes of at least 4 members (excludes halogenated alkanes) is 1. The van der Waals surface area contributed by atoms with Gasteiger partial charge in [0.1, 0.15) is 0 Å². The van der Waals surface area contributed by atoms with Crippen LogP contribution in [0.5, 0.6) is 0 Å². The van der Waals surface area contributed by atoms with E-state index in [9.17, 15) is 5.11 Å². The topological polar surface area (TPSA) is 29.5 Å². The minimum absolute atomic E-state index is 0.218. The highest BCUT2D eigenvalue weighted by molar-refractivity contribution is 4.90. The quantitative estimate of drug-likeness (QED) is 0.501. The van der Waals surface area contributed by atoms with Crippen molar-refractivity contribution >= 4 is 0 Å². The molecule has 0 spiro atoms. The lowest BCUT2D eigenvalue weighted by molar-refractivity contribution is -0.278. The van der Waals surface area contributed by atoms with Crippen molar-refractivity contribution in [2.45, 2.75) is 93.3 Å². The third-order valence-electron chi connectivity index (χ3n) is 5.31. The third-order valence-corrected chi connectivity index (χ3v) is 5.31. The molecule has 2 heteroatoms. The monoisotopic (exact) mass is 300 g/mol. The predicted molar refractivity (Wildman–Crippen MR) is 92.3 cm³/mol. The molecule has 21 heavy (non-hydrogen) atoms. The first kappa shape index (κ1) is 20.9. The van der Waals surface area contributed by atoms with Crippen LogP contribution in [0.25, 0.3) is 0 Å². The molecule has 0 saturated carbocycles. The van der Waals surface area contributed by atoms with Crippen LogP contribution in [0.1, 0.15) is 87.5 Å². The number of aliphatic hydroxyl groups is 1. The summed E-state index contributed by atoms with van der Waals surface area (Å²) in [5, 5.41) is 11.0. The molecule has 1 N–H and O–H groups in total. The summed E-state index contributed by atoms with van der Waals surface area (Å²) in [6, 6.07) is 0. The summed E-state index contributed by atoms with van der Waals surface area (Å²) < 4.78 is 6.06. The summed E-state index contributed by atoms with van der Waals surface area (Å²) in [6.45, 7) is 18.0. The Morgan fingerprint density at radius 3 is 2.00 bits per heavy atom. The van der Waals surface area contributed by atoms with E-state index in [2.05, 4.69) is 48.5 Å². The molecular weight excluding hydrogens is 260 g/mol. The van der Waals surface area contributed by atoms with Crippen molar-refractivity contribution in [3.8, 4) is 0 Å². The normalized spacial score (nSPS) is 19.6. The zero-order valence-electron chi connectivity index (χ0n) is 15.8. The van der Waals surface area contributed by atoms with E-state index in [1.54, 1.807) is 0 Å². The molecule has 0 bridgehead atoms. The summed E-state index contributed by atoms with van der Waals surface area (Å²) in [5.41, 5.74) is -0.218. The molecule has 0 aromatic carbocycles. The van der Waals surface area contributed by atoms with E-state index < -0.39 is 5.79 Å². The fourth-order valence-corrected chi connectivity index (χ4v) is 3.15. The first-order chi connectivity index (χ1) is 9.60. The molecule has 0 aromatic rings. The Bertz CT molecular complexity index is 271. The molecule has 0 radical (unpaired) electrons. The highest BCUT2D eigenvalue weighted by Crippen LogP contribution is 2.44. The van der Waals surface area contributed by atoms with Gasteiger partial charge in [-0.05, 0) is 37.5 Å². The van der Waals surface area contributed by atoms with Crippen molar-refractivity contribution in [3.05, 3.63) is 0 Å². The minimum atomic E-state index is -1.06. The van der Waals surface area contributed by atoms with Gasteiger partial charge in [-0.25, -0.2) is 0 Å². The lowest BCUT2D eigenvalue weighted by atomic mass is 9.67. The Hall–Kier alpha value is -0.0800. The Morgan fingerprint density at radius 1 is 1.05 bits per heavy atom. The standard InChI is InChI=1S/C19H40O2/c1-9-11-12-17(10-2)14-21-19(8,20)18(7,16(5)6)13-15(3)4/h15-17,20H,9-14H2,1-8H3. The van der Waals surface area contributed by atoms with Crippen molar-refractivity contribution in [2.24, 2.45) is 23.2 Å². The second-order valence-corrected chi connectivity index (χ2v) is 7.88. The van der Waals surface area contributed by atoms with Gasteiger partial charge in [0.05, 0.1) is 6.61 Å². The van der Waals surface area contributed by atoms with Crippen LogP contribution in [0, 0.1) is 23.2 Å². The van der Waals surface area contributed by atoms with Gasteiger partial charge in [-0.15, -0.1) is 0 Å². The second-order valence-electron chi connectivity index (χ2n) is 7.88. The van der Waals surface area contributed by atoms with Gasteiger partial charge < -0.3 is 9.84 Å². The summed E-state index contributed by atoms with van der Waals surface area (Å²) in [5.74, 6) is 0.428. The molecule has 2 nitrogen and oxygen atoms in total. The van der Waals surface area contributed by atoms with Crippen LogP contribution in [0.2, 0.25) is 0 Å². The molecule has 0 aliphatic rings. The zero-order valence-corrected chi connectivity index (χ0v) is 15.8. The maximum atomic E-state index is 11.0. The molecule has 0 aliphatic carbocycles. The Balaban J connectivity index is 4.81. The van der Waals surface area contributed by atoms with Gasteiger partial charge in [-0.2, -0.15) is 0 Å². The first-order valence-electron chi connectivity index (χ1n) is 8.97. The maximum absolute atomic E-state index is 11.0. The summed E-state index contributed by atoms with van der Waals surface area (Å²) in [7, 11) is 0. The van der Waals surface area contributed by atoms with Crippen LogP contribution in [0.3, 0.4) is 0 Å². The lowest BCUT2D eigenvalue weighted by Gasteiger charge is -2.47. The third kappa shape index (κ3) is 6.28. The molecule has 0 heterocycles. The maximum Gasteiger partial charge on any atom is 0.168 e. The molecule has 0 saturated heterocycles. The van der Waals surface area contributed by atoms with Gasteiger partial charge in [0.2, 0.25) is 0 Å². The van der Waals surface area contributed by atoms with Crippen molar-refractivity contribution < 1.29 is 9.84 Å². The summed E-state index contributed by atoms with van der Waals surface area (Å²) >= 11 is 0. The summed E-state index contributed by atoms with van der Waals surface area (Å²) in [4.78, 5) is 0. The van der Waals surface area contributed by atoms with E-state index in [0.717, 1.165) is 12.8 Å². The van der Waals surface area contributed by atoms with Gasteiger partial charge in [0.25, 0.3) is 0 Å². The van der Waals surface area contributed by atoms with E-state index in [1.165, 1.54) is 19.3 Å². The van der Waals surface area contributed by atoms with E-state index in [0.29, 0.717) is 24.4 Å². The number of ether oxygens (including phenoxy) is 1. The molecule has 0 amide bonds. The second kappa shape index (κ2) is 9.15. The smallest absolute Gasteiger partial charge is 0.168 e. The van der Waals surface area contributed by atoms with Crippen LogP contribution in [0.4, 0.5) is 0 Å². The van der Waals surface area contributed by atoms with E-state index in [4.69, 9.17) is 4.74 Å². The average molecular weight is 301 g/mol. The van der Waals surface area contributed by atoms with Gasteiger partial charge >= 0.3 is 0 Å². The highest BCUT2D eigenvalue weighted by atomic mass is 16.6. The predicted octanol–water partition coefficient (Wildman–Crippen LogP) is 5.64. The van der Waals surface area contributed by atoms with Crippen LogP contribution in [-0.4, -0.2) is 17.5 Å². The molecule has 0 aromatic heterocycles. The van der Waals surface area contributed by atoms with Crippen LogP contribution >= 0.6 is 0 Å². The summed E-state index contributed by atoms with van der Waals surface area (Å²) in [6.07, 6.45) is 5.77. The number of rotatable bonds is 11. The van der Waals surface area contributed by atoms with E-state index in [1.807, 2.05) is 6.92 Å². The van der Waals surface area contributed by atoms with Crippen LogP contribution < -0.4 is 0 Å². The van der Waals surface area contributed by atoms with Crippen LogP contribution in [0.15, 0.2) is 0 Å². The Labute approximate surface area is 133 Å². The van der Waals surface area contributed by atoms with E-state index in [-0.39, 0.29) is 5.41 Å². The largest absolute Gasteiger partial charge is 0.365 e. The molecule has 3 atom stereocenters. The Kier molecular flexibility index (Phi) is 9.11. The SMILES string of the molecule is CCCCC(CC)COC(C)(O)C(C)(CC(C)C)C(C)C. The first-order valence-corrected chi connectivity index (χ1v) is 8.97. The molecule has 0 aliphatic heterocycles. The van der Waals surface area contributed by atoms with Gasteiger partial charge in [-0.3, -0.25) is 0 Å². The average Bonchev–Trinajstić information content (AvgIpc) is 2.37. The molecular formula is C19H40O2. The highest BCUT2D eigenvalue weighted by Gasteiger charge is 2.47. The van der Waals surface area contributed by atoms with Crippen LogP contribution in [-0.2, 0) is 4.74 Å². The van der Waals surface area contributed by atoms with Crippen molar-refractivity contribution in [3.63, 3.8) is 0 Å². The molecule has 128 valence electrons. The van der Waals surface area contributed by atoms with Gasteiger partial charge in [-0.1, -0.05) is 67.7 Å². The zero-order chi connectivity index (χ0) is 16.7. The van der Waals surface area contributed by atoms with Crippen molar-refractivity contribution in [2.75, 3.05) is 6.61 Å². The fourth-order valence-electron chi connectivity index (χ4n) is 3.15. The number of hydrogen-bond donors (Lipinski definition) is 1. The van der Waals surface area contributed by atoms with Crippen molar-refractivity contribution in [1.82, 2.24) is 0 Å². The Morgan fingerprint density at radius 2 is 1.62 bits per heavy atom. The fraction of sp³-hybridized carbons (Fsp3) is 1.00. The van der Waals surface area contributed by atoms with Gasteiger partial charge in [0, 0.05) is 5.41 Å². The molecule has 0 fully saturated rings. The number of hydrogen-bond acceptors (Lipinski definition) is 2. The minimum Gasteiger partial charge on any atom is -0.365 e. The van der Waals surface area contributed by atoms with E-state index >= 15 is 0 Å². The molecule has 0 rings (SSSR count).